The van der Waals surface area contributed by atoms with Gasteiger partial charge in [-0.3, -0.25) is 0 Å². The molecule has 0 N–H and O–H groups in total. The van der Waals surface area contributed by atoms with Crippen molar-refractivity contribution in [1.29, 1.82) is 0 Å². The van der Waals surface area contributed by atoms with Gasteiger partial charge in [0.1, 0.15) is 12.1 Å². The van der Waals surface area contributed by atoms with Crippen LogP contribution in [0.4, 0.5) is 0 Å². The Morgan fingerprint density at radius 3 is 2.80 bits per heavy atom. The van der Waals surface area contributed by atoms with Gasteiger partial charge in [0.25, 0.3) is 0 Å². The van der Waals surface area contributed by atoms with Crippen molar-refractivity contribution in [2.45, 2.75) is 39.0 Å². The number of ether oxygens (including phenoxy) is 1. The Morgan fingerprint density at radius 1 is 1.10 bits per heavy atom. The Balaban J connectivity index is 1.94. The van der Waals surface area contributed by atoms with Crippen molar-refractivity contribution in [2.24, 2.45) is 0 Å². The molecule has 0 spiro atoms. The van der Waals surface area contributed by atoms with Crippen LogP contribution in [0, 0.1) is 6.92 Å². The molecular formula is C16H17BrN2O. The molecular weight excluding hydrogens is 316 g/mol. The zero-order valence-electron chi connectivity index (χ0n) is 11.5. The number of benzene rings is 1. The van der Waals surface area contributed by atoms with Gasteiger partial charge in [-0.1, -0.05) is 22.4 Å². The van der Waals surface area contributed by atoms with E-state index in [0.717, 1.165) is 40.2 Å². The maximum Gasteiger partial charge on any atom is 0.225 e. The third-order valence-corrected chi connectivity index (χ3v) is 4.17. The minimum atomic E-state index is 0.724. The Hall–Kier alpha value is -1.42. The SMILES string of the molecule is Cc1cc(Br)ccc1Oc1ncnc2c1CCCCC2. The van der Waals surface area contributed by atoms with Crippen LogP contribution in [0.3, 0.4) is 0 Å². The molecule has 0 fully saturated rings. The largest absolute Gasteiger partial charge is 0.438 e. The van der Waals surface area contributed by atoms with Gasteiger partial charge in [-0.25, -0.2) is 9.97 Å². The normalized spacial score (nSPS) is 14.5. The fourth-order valence-electron chi connectivity index (χ4n) is 2.59. The van der Waals surface area contributed by atoms with Crippen LogP contribution >= 0.6 is 15.9 Å². The highest BCUT2D eigenvalue weighted by Crippen LogP contribution is 2.31. The summed E-state index contributed by atoms with van der Waals surface area (Å²) in [5.74, 6) is 1.58. The van der Waals surface area contributed by atoms with Gasteiger partial charge < -0.3 is 4.74 Å². The Morgan fingerprint density at radius 2 is 1.95 bits per heavy atom. The molecule has 1 aromatic heterocycles. The summed E-state index contributed by atoms with van der Waals surface area (Å²) in [6.07, 6.45) is 7.33. The van der Waals surface area contributed by atoms with E-state index in [0.29, 0.717) is 0 Å². The molecule has 1 aliphatic carbocycles. The van der Waals surface area contributed by atoms with Crippen molar-refractivity contribution in [3.8, 4) is 11.6 Å². The van der Waals surface area contributed by atoms with E-state index in [9.17, 15) is 0 Å². The zero-order valence-corrected chi connectivity index (χ0v) is 13.1. The molecule has 3 rings (SSSR count). The second-order valence-corrected chi connectivity index (χ2v) is 6.09. The first kappa shape index (κ1) is 13.6. The monoisotopic (exact) mass is 332 g/mol. The van der Waals surface area contributed by atoms with Crippen LogP contribution < -0.4 is 4.74 Å². The van der Waals surface area contributed by atoms with Crippen molar-refractivity contribution < 1.29 is 4.74 Å². The third kappa shape index (κ3) is 2.85. The van der Waals surface area contributed by atoms with E-state index in [-0.39, 0.29) is 0 Å². The van der Waals surface area contributed by atoms with Crippen molar-refractivity contribution in [1.82, 2.24) is 9.97 Å². The number of rotatable bonds is 2. The average Bonchev–Trinajstić information content (AvgIpc) is 2.68. The number of aryl methyl sites for hydroxylation is 2. The van der Waals surface area contributed by atoms with E-state index in [1.54, 1.807) is 6.33 Å². The summed E-state index contributed by atoms with van der Waals surface area (Å²) in [4.78, 5) is 8.77. The van der Waals surface area contributed by atoms with Gasteiger partial charge in [0, 0.05) is 10.0 Å². The molecule has 1 aromatic carbocycles. The number of aromatic nitrogens is 2. The van der Waals surface area contributed by atoms with Crippen molar-refractivity contribution in [3.05, 3.63) is 45.8 Å². The molecule has 0 bridgehead atoms. The fraction of sp³-hybridized carbons (Fsp3) is 0.375. The molecule has 0 saturated heterocycles. The maximum absolute atomic E-state index is 6.05. The van der Waals surface area contributed by atoms with E-state index < -0.39 is 0 Å². The molecule has 0 radical (unpaired) electrons. The number of nitrogens with zero attached hydrogens (tertiary/aromatic N) is 2. The summed E-state index contributed by atoms with van der Waals surface area (Å²) in [6, 6.07) is 6.02. The van der Waals surface area contributed by atoms with Gasteiger partial charge in [0.05, 0.1) is 5.69 Å². The highest BCUT2D eigenvalue weighted by Gasteiger charge is 2.16. The minimum Gasteiger partial charge on any atom is -0.438 e. The molecule has 4 heteroatoms. The average molecular weight is 333 g/mol. The molecule has 0 amide bonds. The highest BCUT2D eigenvalue weighted by molar-refractivity contribution is 9.10. The second-order valence-electron chi connectivity index (χ2n) is 5.18. The molecule has 1 heterocycles. The molecule has 0 aliphatic heterocycles. The van der Waals surface area contributed by atoms with Gasteiger partial charge >= 0.3 is 0 Å². The summed E-state index contributed by atoms with van der Waals surface area (Å²) in [5, 5.41) is 0. The predicted molar refractivity (Wildman–Crippen MR) is 82.2 cm³/mol. The Kier molecular flexibility index (Phi) is 4.01. The van der Waals surface area contributed by atoms with E-state index in [4.69, 9.17) is 4.74 Å². The van der Waals surface area contributed by atoms with E-state index in [2.05, 4.69) is 32.0 Å². The van der Waals surface area contributed by atoms with Crippen molar-refractivity contribution in [2.75, 3.05) is 0 Å². The summed E-state index contributed by atoms with van der Waals surface area (Å²) >= 11 is 3.47. The van der Waals surface area contributed by atoms with E-state index >= 15 is 0 Å². The standard InChI is InChI=1S/C16H17BrN2O/c1-11-9-12(17)7-8-15(11)20-16-13-5-3-2-4-6-14(13)18-10-19-16/h7-10H,2-6H2,1H3. The van der Waals surface area contributed by atoms with Gasteiger partial charge in [-0.2, -0.15) is 0 Å². The first-order valence-corrected chi connectivity index (χ1v) is 7.80. The first-order chi connectivity index (χ1) is 9.74. The summed E-state index contributed by atoms with van der Waals surface area (Å²) in [6.45, 7) is 2.04. The van der Waals surface area contributed by atoms with Gasteiger partial charge in [0.15, 0.2) is 0 Å². The predicted octanol–water partition coefficient (Wildman–Crippen LogP) is 4.61. The van der Waals surface area contributed by atoms with Crippen LogP contribution in [0.2, 0.25) is 0 Å². The zero-order chi connectivity index (χ0) is 13.9. The fourth-order valence-corrected chi connectivity index (χ4v) is 3.06. The minimum absolute atomic E-state index is 0.724. The van der Waals surface area contributed by atoms with Crippen LogP contribution in [0.25, 0.3) is 0 Å². The molecule has 104 valence electrons. The van der Waals surface area contributed by atoms with Gasteiger partial charge in [-0.15, -0.1) is 0 Å². The lowest BCUT2D eigenvalue weighted by atomic mass is 10.1. The second kappa shape index (κ2) is 5.92. The van der Waals surface area contributed by atoms with Crippen LogP contribution in [0.1, 0.15) is 36.1 Å². The van der Waals surface area contributed by atoms with Crippen LogP contribution in [-0.4, -0.2) is 9.97 Å². The lowest BCUT2D eigenvalue weighted by Crippen LogP contribution is -2.02. The first-order valence-electron chi connectivity index (χ1n) is 7.01. The molecule has 1 aliphatic rings. The molecule has 3 nitrogen and oxygen atoms in total. The highest BCUT2D eigenvalue weighted by atomic mass is 79.9. The van der Waals surface area contributed by atoms with Crippen LogP contribution in [0.15, 0.2) is 29.0 Å². The lowest BCUT2D eigenvalue weighted by molar-refractivity contribution is 0.449. The third-order valence-electron chi connectivity index (χ3n) is 3.68. The van der Waals surface area contributed by atoms with Gasteiger partial charge in [-0.05, 0) is 56.4 Å². The number of halogens is 1. The summed E-state index contributed by atoms with van der Waals surface area (Å²) in [7, 11) is 0. The lowest BCUT2D eigenvalue weighted by Gasteiger charge is -2.13. The number of fused-ring (bicyclic) bond motifs is 1. The van der Waals surface area contributed by atoms with Crippen LogP contribution in [0.5, 0.6) is 11.6 Å². The van der Waals surface area contributed by atoms with Crippen molar-refractivity contribution >= 4 is 15.9 Å². The molecule has 0 unspecified atom stereocenters. The van der Waals surface area contributed by atoms with E-state index in [1.165, 1.54) is 24.8 Å². The Labute approximate surface area is 127 Å². The summed E-state index contributed by atoms with van der Waals surface area (Å²) in [5.41, 5.74) is 3.44. The van der Waals surface area contributed by atoms with Crippen LogP contribution in [-0.2, 0) is 12.8 Å². The van der Waals surface area contributed by atoms with Crippen molar-refractivity contribution in [3.63, 3.8) is 0 Å². The quantitative estimate of drug-likeness (QED) is 0.753. The van der Waals surface area contributed by atoms with E-state index in [1.807, 2.05) is 19.1 Å². The molecule has 0 atom stereocenters. The number of hydrogen-bond acceptors (Lipinski definition) is 3. The topological polar surface area (TPSA) is 35.0 Å². The maximum atomic E-state index is 6.05. The van der Waals surface area contributed by atoms with Gasteiger partial charge in [0.2, 0.25) is 5.88 Å². The molecule has 0 saturated carbocycles. The summed E-state index contributed by atoms with van der Waals surface area (Å²) < 4.78 is 7.11. The smallest absolute Gasteiger partial charge is 0.225 e. The number of hydrogen-bond donors (Lipinski definition) is 0. The molecule has 20 heavy (non-hydrogen) atoms. The Bertz CT molecular complexity index is 628. The molecule has 2 aromatic rings.